The summed E-state index contributed by atoms with van der Waals surface area (Å²) in [6.45, 7) is 2.73. The topological polar surface area (TPSA) is 112 Å². The lowest BCUT2D eigenvalue weighted by Crippen LogP contribution is -2.28. The zero-order valence-corrected chi connectivity index (χ0v) is 19.2. The second kappa shape index (κ2) is 10.0. The second-order valence-electron chi connectivity index (χ2n) is 8.13. The number of nitrogens with one attached hydrogen (secondary N) is 4. The molecule has 1 aliphatic rings. The number of anilines is 2. The molecule has 0 radical (unpaired) electrons. The van der Waals surface area contributed by atoms with Crippen LogP contribution >= 0.6 is 11.6 Å². The van der Waals surface area contributed by atoms with Crippen LogP contribution < -0.4 is 21.5 Å². The van der Waals surface area contributed by atoms with Crippen molar-refractivity contribution in [1.82, 2.24) is 14.9 Å². The largest absolute Gasteiger partial charge is 0.380 e. The average molecular weight is 483 g/mol. The van der Waals surface area contributed by atoms with Crippen molar-refractivity contribution < 1.29 is 9.18 Å². The second-order valence-corrected chi connectivity index (χ2v) is 8.54. The SMILES string of the molecule is C[C@@H](Nc1cc(-n2ccc(NCc3ccccc3F)c(C=N)c2=O)c(Cl)cn1)[C@H]1CNC(=O)C1. The summed E-state index contributed by atoms with van der Waals surface area (Å²) in [5.41, 5.74) is 0.927. The van der Waals surface area contributed by atoms with Crippen molar-refractivity contribution in [3.05, 3.63) is 81.1 Å². The van der Waals surface area contributed by atoms with Gasteiger partial charge in [-0.05, 0) is 19.1 Å². The lowest BCUT2D eigenvalue weighted by molar-refractivity contribution is -0.119. The quantitative estimate of drug-likeness (QED) is 0.367. The summed E-state index contributed by atoms with van der Waals surface area (Å²) in [7, 11) is 0. The van der Waals surface area contributed by atoms with Crippen molar-refractivity contribution in [3.8, 4) is 5.69 Å². The number of hydrogen-bond donors (Lipinski definition) is 4. The molecule has 0 saturated carbocycles. The van der Waals surface area contributed by atoms with Crippen LogP contribution in [0.25, 0.3) is 5.69 Å². The molecule has 0 spiro atoms. The van der Waals surface area contributed by atoms with Gasteiger partial charge in [-0.1, -0.05) is 29.8 Å². The number of amides is 1. The highest BCUT2D eigenvalue weighted by Gasteiger charge is 2.27. The number of carbonyl (C=O) groups excluding carboxylic acids is 1. The number of rotatable bonds is 8. The molecule has 3 aromatic rings. The van der Waals surface area contributed by atoms with E-state index in [1.54, 1.807) is 36.5 Å². The Bertz CT molecular complexity index is 1290. The Hall–Kier alpha value is -3.72. The number of hydrogen-bond acceptors (Lipinski definition) is 6. The van der Waals surface area contributed by atoms with Gasteiger partial charge in [0.1, 0.15) is 11.6 Å². The van der Waals surface area contributed by atoms with Crippen LogP contribution in [0.1, 0.15) is 24.5 Å². The molecule has 2 aromatic heterocycles. The van der Waals surface area contributed by atoms with Gasteiger partial charge in [-0.3, -0.25) is 14.2 Å². The average Bonchev–Trinajstić information content (AvgIpc) is 3.26. The van der Waals surface area contributed by atoms with E-state index in [2.05, 4.69) is 20.9 Å². The minimum atomic E-state index is -0.453. The van der Waals surface area contributed by atoms with E-state index in [9.17, 15) is 14.0 Å². The van der Waals surface area contributed by atoms with E-state index in [0.717, 1.165) is 6.21 Å². The van der Waals surface area contributed by atoms with Gasteiger partial charge in [0, 0.05) is 55.5 Å². The standard InChI is InChI=1S/C24H24ClFN6O2/c1-14(16-8-23(33)30-12-16)31-22-9-21(18(25)13-29-22)32-7-6-20(17(10-27)24(32)34)28-11-15-4-2-3-5-19(15)26/h2-7,9-10,13-14,16,27-28H,8,11-12H2,1H3,(H,29,31)(H,30,33)/t14-,16-/m1/s1. The number of aromatic nitrogens is 2. The fraction of sp³-hybridized carbons (Fsp3) is 0.250. The summed E-state index contributed by atoms with van der Waals surface area (Å²) in [6, 6.07) is 9.63. The molecule has 10 heteroatoms. The van der Waals surface area contributed by atoms with E-state index in [0.29, 0.717) is 35.7 Å². The van der Waals surface area contributed by atoms with Crippen LogP contribution in [0, 0.1) is 17.1 Å². The van der Waals surface area contributed by atoms with Crippen molar-refractivity contribution in [2.24, 2.45) is 5.92 Å². The molecule has 8 nitrogen and oxygen atoms in total. The first-order chi connectivity index (χ1) is 16.4. The van der Waals surface area contributed by atoms with Crippen molar-refractivity contribution >= 4 is 35.2 Å². The third-order valence-electron chi connectivity index (χ3n) is 5.89. The molecule has 1 aromatic carbocycles. The molecular weight excluding hydrogens is 459 g/mol. The molecule has 1 amide bonds. The van der Waals surface area contributed by atoms with Gasteiger partial charge >= 0.3 is 0 Å². The molecule has 1 fully saturated rings. The van der Waals surface area contributed by atoms with Gasteiger partial charge in [0.25, 0.3) is 5.56 Å². The number of pyridine rings is 2. The maximum Gasteiger partial charge on any atom is 0.266 e. The number of nitrogens with zero attached hydrogens (tertiary/aromatic N) is 2. The molecule has 0 bridgehead atoms. The molecule has 4 rings (SSSR count). The maximum absolute atomic E-state index is 13.9. The lowest BCUT2D eigenvalue weighted by atomic mass is 10.0. The maximum atomic E-state index is 13.9. The molecule has 2 atom stereocenters. The van der Waals surface area contributed by atoms with Crippen LogP contribution in [-0.2, 0) is 11.3 Å². The summed E-state index contributed by atoms with van der Waals surface area (Å²) < 4.78 is 15.3. The summed E-state index contributed by atoms with van der Waals surface area (Å²) >= 11 is 6.36. The van der Waals surface area contributed by atoms with E-state index in [-0.39, 0.29) is 40.8 Å². The summed E-state index contributed by atoms with van der Waals surface area (Å²) in [5.74, 6) is 0.310. The molecule has 176 valence electrons. The van der Waals surface area contributed by atoms with Gasteiger partial charge in [-0.15, -0.1) is 0 Å². The van der Waals surface area contributed by atoms with E-state index in [4.69, 9.17) is 17.0 Å². The Morgan fingerprint density at radius 3 is 2.85 bits per heavy atom. The molecular formula is C24H24ClFN6O2. The van der Waals surface area contributed by atoms with Crippen molar-refractivity contribution in [2.45, 2.75) is 25.9 Å². The van der Waals surface area contributed by atoms with Crippen molar-refractivity contribution in [2.75, 3.05) is 17.2 Å². The predicted octanol–water partition coefficient (Wildman–Crippen LogP) is 3.57. The van der Waals surface area contributed by atoms with Crippen LogP contribution in [0.5, 0.6) is 0 Å². The highest BCUT2D eigenvalue weighted by atomic mass is 35.5. The van der Waals surface area contributed by atoms with Crippen LogP contribution in [0.3, 0.4) is 0 Å². The summed E-state index contributed by atoms with van der Waals surface area (Å²) in [4.78, 5) is 29.0. The minimum absolute atomic E-state index is 0.0258. The highest BCUT2D eigenvalue weighted by Crippen LogP contribution is 2.24. The normalized spacial score (nSPS) is 16.1. The van der Waals surface area contributed by atoms with E-state index >= 15 is 0 Å². The van der Waals surface area contributed by atoms with Gasteiger partial charge in [0.15, 0.2) is 0 Å². The van der Waals surface area contributed by atoms with Crippen molar-refractivity contribution in [3.63, 3.8) is 0 Å². The van der Waals surface area contributed by atoms with Crippen LogP contribution in [0.15, 0.2) is 53.6 Å². The van der Waals surface area contributed by atoms with Crippen molar-refractivity contribution in [1.29, 1.82) is 5.41 Å². The highest BCUT2D eigenvalue weighted by molar-refractivity contribution is 6.32. The van der Waals surface area contributed by atoms with Crippen LogP contribution in [0.2, 0.25) is 5.02 Å². The Kier molecular flexibility index (Phi) is 6.93. The molecule has 3 heterocycles. The fourth-order valence-electron chi connectivity index (χ4n) is 3.89. The van der Waals surface area contributed by atoms with Gasteiger partial charge < -0.3 is 21.4 Å². The molecule has 1 saturated heterocycles. The molecule has 34 heavy (non-hydrogen) atoms. The first-order valence-electron chi connectivity index (χ1n) is 10.8. The lowest BCUT2D eigenvalue weighted by Gasteiger charge is -2.20. The fourth-order valence-corrected chi connectivity index (χ4v) is 4.09. The number of benzene rings is 1. The van der Waals surface area contributed by atoms with Gasteiger partial charge in [0.2, 0.25) is 5.91 Å². The number of carbonyl (C=O) groups is 1. The van der Waals surface area contributed by atoms with E-state index < -0.39 is 5.56 Å². The van der Waals surface area contributed by atoms with Gasteiger partial charge in [-0.25, -0.2) is 9.37 Å². The van der Waals surface area contributed by atoms with Crippen LogP contribution in [0.4, 0.5) is 15.9 Å². The monoisotopic (exact) mass is 482 g/mol. The van der Waals surface area contributed by atoms with E-state index in [1.165, 1.54) is 16.8 Å². The Balaban J connectivity index is 1.59. The third-order valence-corrected chi connectivity index (χ3v) is 6.18. The zero-order valence-electron chi connectivity index (χ0n) is 18.4. The molecule has 0 aliphatic carbocycles. The first-order valence-corrected chi connectivity index (χ1v) is 11.2. The summed E-state index contributed by atoms with van der Waals surface area (Å²) in [5, 5.41) is 17.2. The Morgan fingerprint density at radius 1 is 1.35 bits per heavy atom. The van der Waals surface area contributed by atoms with E-state index in [1.807, 2.05) is 6.92 Å². The molecule has 4 N–H and O–H groups in total. The molecule has 0 unspecified atom stereocenters. The molecule has 1 aliphatic heterocycles. The minimum Gasteiger partial charge on any atom is -0.380 e. The Morgan fingerprint density at radius 2 is 2.15 bits per heavy atom. The Labute approximate surface area is 200 Å². The predicted molar refractivity (Wildman–Crippen MR) is 131 cm³/mol. The summed E-state index contributed by atoms with van der Waals surface area (Å²) in [6.07, 6.45) is 4.40. The van der Waals surface area contributed by atoms with Crippen LogP contribution in [-0.4, -0.2) is 34.3 Å². The number of halogens is 2. The smallest absolute Gasteiger partial charge is 0.266 e. The first kappa shape index (κ1) is 23.4. The third kappa shape index (κ3) is 4.94. The van der Waals surface area contributed by atoms with Gasteiger partial charge in [-0.2, -0.15) is 0 Å². The zero-order chi connectivity index (χ0) is 24.2. The van der Waals surface area contributed by atoms with Gasteiger partial charge in [0.05, 0.1) is 28.2 Å².